The molecule has 0 bridgehead atoms. The summed E-state index contributed by atoms with van der Waals surface area (Å²) in [5.74, 6) is 0. The van der Waals surface area contributed by atoms with Crippen LogP contribution in [0.1, 0.15) is 71.1 Å². The van der Waals surface area contributed by atoms with Crippen LogP contribution in [0.5, 0.6) is 0 Å². The second-order valence-electron chi connectivity index (χ2n) is 4.99. The topological polar surface area (TPSA) is 27.7 Å². The molecule has 0 amide bonds. The minimum absolute atomic E-state index is 0.0265. The molecule has 0 heterocycles. The number of hydrogen-bond donors (Lipinski definition) is 0. The maximum atomic E-state index is 11.3. The van der Waals surface area contributed by atoms with Gasteiger partial charge in [-0.05, 0) is 38.7 Å². The van der Waals surface area contributed by atoms with Gasteiger partial charge in [0.25, 0.3) is 0 Å². The van der Waals surface area contributed by atoms with Crippen LogP contribution in [0.3, 0.4) is 0 Å². The lowest BCUT2D eigenvalue weighted by molar-refractivity contribution is -0.124. The number of allylic oxidation sites excluding steroid dienone is 1. The molecule has 1 atom stereocenters. The Morgan fingerprint density at radius 3 is 2.10 bits per heavy atom. The lowest BCUT2D eigenvalue weighted by Gasteiger charge is -2.14. The Balaban J connectivity index is 3.14. The first-order valence-corrected chi connectivity index (χ1v) is 7.92. The highest BCUT2D eigenvalue weighted by molar-refractivity contribution is 4.71. The number of unbranched alkanes of at least 4 members (excludes halogenated alkanes) is 8. The number of methoxy groups -OCH3 is 1. The van der Waals surface area contributed by atoms with Crippen LogP contribution in [-0.4, -0.2) is 20.0 Å². The van der Waals surface area contributed by atoms with Gasteiger partial charge in [-0.25, -0.2) is 0 Å². The summed E-state index contributed by atoms with van der Waals surface area (Å²) in [6.07, 6.45) is 14.6. The first-order valence-electron chi connectivity index (χ1n) is 7.92. The fourth-order valence-electron chi connectivity index (χ4n) is 2.19. The molecule has 0 aliphatic rings. The summed E-state index contributed by atoms with van der Waals surface area (Å²) in [6.45, 7) is 2.71. The Hall–Kier alpha value is -0.610. The van der Waals surface area contributed by atoms with Crippen molar-refractivity contribution in [2.45, 2.75) is 77.4 Å². The summed E-state index contributed by atoms with van der Waals surface area (Å²) in [5, 5.41) is 0. The van der Waals surface area contributed by atoms with Crippen molar-refractivity contribution in [1.29, 1.82) is 0 Å². The molecular formula is C16H31FO3. The molecular weight excluding hydrogens is 259 g/mol. The van der Waals surface area contributed by atoms with Gasteiger partial charge in [0.05, 0.1) is 0 Å². The zero-order chi connectivity index (χ0) is 14.9. The predicted octanol–water partition coefficient (Wildman–Crippen LogP) is 5.31. The summed E-state index contributed by atoms with van der Waals surface area (Å²) in [6, 6.07) is 0. The molecule has 0 N–H and O–H groups in total. The third kappa shape index (κ3) is 13.8. The van der Waals surface area contributed by atoms with E-state index in [-0.39, 0.29) is 6.29 Å². The largest absolute Gasteiger partial charge is 0.356 e. The highest BCUT2D eigenvalue weighted by atomic mass is 19.3. The summed E-state index contributed by atoms with van der Waals surface area (Å²) in [4.78, 5) is 3.37. The number of halogens is 1. The third-order valence-corrected chi connectivity index (χ3v) is 3.32. The van der Waals surface area contributed by atoms with E-state index in [0.717, 1.165) is 25.5 Å². The van der Waals surface area contributed by atoms with Crippen LogP contribution in [0.2, 0.25) is 0 Å². The van der Waals surface area contributed by atoms with Crippen molar-refractivity contribution in [2.75, 3.05) is 13.7 Å². The second-order valence-corrected chi connectivity index (χ2v) is 4.99. The van der Waals surface area contributed by atoms with Crippen LogP contribution >= 0.6 is 0 Å². The average Bonchev–Trinajstić information content (AvgIpc) is 2.47. The summed E-state index contributed by atoms with van der Waals surface area (Å²) in [5.41, 5.74) is 0. The smallest absolute Gasteiger partial charge is 0.157 e. The van der Waals surface area contributed by atoms with Crippen molar-refractivity contribution in [1.82, 2.24) is 0 Å². The van der Waals surface area contributed by atoms with Crippen molar-refractivity contribution in [3.8, 4) is 0 Å². The van der Waals surface area contributed by atoms with Gasteiger partial charge in [0.1, 0.15) is 6.26 Å². The Labute approximate surface area is 123 Å². The lowest BCUT2D eigenvalue weighted by Crippen LogP contribution is -2.14. The molecule has 0 rings (SSSR count). The summed E-state index contributed by atoms with van der Waals surface area (Å²) >= 11 is 0. The van der Waals surface area contributed by atoms with E-state index < -0.39 is 0 Å². The van der Waals surface area contributed by atoms with Crippen molar-refractivity contribution in [3.63, 3.8) is 0 Å². The molecule has 0 spiro atoms. The minimum atomic E-state index is -0.0265. The molecule has 0 aromatic carbocycles. The monoisotopic (exact) mass is 290 g/mol. The van der Waals surface area contributed by atoms with Crippen molar-refractivity contribution >= 4 is 0 Å². The van der Waals surface area contributed by atoms with E-state index in [1.807, 2.05) is 6.92 Å². The quantitative estimate of drug-likeness (QED) is 0.232. The molecule has 3 nitrogen and oxygen atoms in total. The highest BCUT2D eigenvalue weighted by Gasteiger charge is 2.04. The first-order chi connectivity index (χ1) is 9.85. The van der Waals surface area contributed by atoms with E-state index in [4.69, 9.17) is 9.47 Å². The maximum Gasteiger partial charge on any atom is 0.157 e. The van der Waals surface area contributed by atoms with Crippen LogP contribution in [0, 0.1) is 0 Å². The van der Waals surface area contributed by atoms with E-state index in [9.17, 15) is 4.53 Å². The highest BCUT2D eigenvalue weighted by Crippen LogP contribution is 2.12. The van der Waals surface area contributed by atoms with E-state index >= 15 is 0 Å². The summed E-state index contributed by atoms with van der Waals surface area (Å²) < 4.78 is 21.9. The van der Waals surface area contributed by atoms with E-state index in [1.54, 1.807) is 13.2 Å². The average molecular weight is 290 g/mol. The molecule has 0 aromatic heterocycles. The molecule has 0 saturated heterocycles. The van der Waals surface area contributed by atoms with Gasteiger partial charge < -0.3 is 14.4 Å². The molecule has 0 radical (unpaired) electrons. The first kappa shape index (κ1) is 19.4. The predicted molar refractivity (Wildman–Crippen MR) is 79.9 cm³/mol. The molecule has 0 aromatic rings. The van der Waals surface area contributed by atoms with Crippen LogP contribution in [0.4, 0.5) is 4.53 Å². The van der Waals surface area contributed by atoms with Crippen LogP contribution < -0.4 is 0 Å². The van der Waals surface area contributed by atoms with Crippen molar-refractivity contribution < 1.29 is 18.9 Å². The number of rotatable bonds is 15. The summed E-state index contributed by atoms with van der Waals surface area (Å²) in [7, 11) is 1.70. The van der Waals surface area contributed by atoms with Gasteiger partial charge in [-0.3, -0.25) is 0 Å². The number of hydrogen-bond acceptors (Lipinski definition) is 3. The molecule has 20 heavy (non-hydrogen) atoms. The van der Waals surface area contributed by atoms with Crippen LogP contribution in [-0.2, 0) is 14.4 Å². The van der Waals surface area contributed by atoms with Gasteiger partial charge >= 0.3 is 0 Å². The Kier molecular flexibility index (Phi) is 15.9. The molecule has 4 heteroatoms. The molecule has 0 fully saturated rings. The van der Waals surface area contributed by atoms with Crippen LogP contribution in [0.25, 0.3) is 0 Å². The van der Waals surface area contributed by atoms with Gasteiger partial charge in [-0.2, -0.15) is 0 Å². The van der Waals surface area contributed by atoms with Gasteiger partial charge in [0.2, 0.25) is 0 Å². The van der Waals surface area contributed by atoms with E-state index in [1.165, 1.54) is 44.9 Å². The zero-order valence-corrected chi connectivity index (χ0v) is 13.1. The van der Waals surface area contributed by atoms with Gasteiger partial charge in [-0.1, -0.05) is 38.5 Å². The van der Waals surface area contributed by atoms with Gasteiger partial charge in [-0.15, -0.1) is 0 Å². The molecule has 1 unspecified atom stereocenters. The lowest BCUT2D eigenvalue weighted by atomic mass is 10.1. The molecule has 120 valence electrons. The molecule has 0 aliphatic carbocycles. The molecule has 0 saturated carbocycles. The standard InChI is InChI=1S/C16H31FO3/c1-3-19-16(18-2)14-12-10-8-6-4-5-7-9-11-13-15-20-17/h13,15-16H,3-12,14H2,1-2H3. The SMILES string of the molecule is CCOC(CCCCCCCCCCC=COF)OC. The molecule has 0 aliphatic heterocycles. The Bertz CT molecular complexity index is 210. The van der Waals surface area contributed by atoms with Gasteiger partial charge in [0, 0.05) is 18.2 Å². The van der Waals surface area contributed by atoms with E-state index in [2.05, 4.69) is 4.94 Å². The van der Waals surface area contributed by atoms with E-state index in [0.29, 0.717) is 6.61 Å². The van der Waals surface area contributed by atoms with Crippen molar-refractivity contribution in [2.24, 2.45) is 0 Å². The second kappa shape index (κ2) is 16.4. The third-order valence-electron chi connectivity index (χ3n) is 3.32. The normalized spacial score (nSPS) is 12.9. The fraction of sp³-hybridized carbons (Fsp3) is 0.875. The number of ether oxygens (including phenoxy) is 2. The zero-order valence-electron chi connectivity index (χ0n) is 13.1. The maximum absolute atomic E-state index is 11.3. The Morgan fingerprint density at radius 2 is 1.55 bits per heavy atom. The van der Waals surface area contributed by atoms with Crippen molar-refractivity contribution in [3.05, 3.63) is 12.3 Å². The Morgan fingerprint density at radius 1 is 0.950 bits per heavy atom. The fourth-order valence-corrected chi connectivity index (χ4v) is 2.19. The van der Waals surface area contributed by atoms with Gasteiger partial charge in [0.15, 0.2) is 6.29 Å². The minimum Gasteiger partial charge on any atom is -0.356 e. The van der Waals surface area contributed by atoms with Crippen LogP contribution in [0.15, 0.2) is 12.3 Å².